The Bertz CT molecular complexity index is 805. The van der Waals surface area contributed by atoms with Gasteiger partial charge in [0, 0.05) is 24.7 Å². The van der Waals surface area contributed by atoms with E-state index < -0.39 is 5.82 Å². The van der Waals surface area contributed by atoms with E-state index in [1.165, 1.54) is 18.2 Å². The molecule has 1 N–H and O–H groups in total. The number of nitrogens with zero attached hydrogens (tertiary/aromatic N) is 3. The van der Waals surface area contributed by atoms with Crippen molar-refractivity contribution in [2.45, 2.75) is 12.8 Å². The van der Waals surface area contributed by atoms with Crippen molar-refractivity contribution in [3.8, 4) is 11.5 Å². The van der Waals surface area contributed by atoms with E-state index in [1.54, 1.807) is 24.4 Å². The van der Waals surface area contributed by atoms with E-state index in [1.807, 2.05) is 6.07 Å². The van der Waals surface area contributed by atoms with Gasteiger partial charge in [0.1, 0.15) is 11.5 Å². The largest absolute Gasteiger partial charge is 0.339 e. The predicted octanol–water partition coefficient (Wildman–Crippen LogP) is 2.84. The summed E-state index contributed by atoms with van der Waals surface area (Å²) < 4.78 is 18.1. The number of halogens is 1. The number of hydrogen-bond donors (Lipinski definition) is 1. The van der Waals surface area contributed by atoms with Gasteiger partial charge in [-0.15, -0.1) is 0 Å². The molecule has 23 heavy (non-hydrogen) atoms. The number of aromatic nitrogens is 3. The van der Waals surface area contributed by atoms with Gasteiger partial charge in [0.25, 0.3) is 0 Å². The highest BCUT2D eigenvalue weighted by Crippen LogP contribution is 2.13. The lowest BCUT2D eigenvalue weighted by molar-refractivity contribution is -0.116. The third-order valence-electron chi connectivity index (χ3n) is 3.04. The van der Waals surface area contributed by atoms with E-state index in [-0.39, 0.29) is 12.3 Å². The molecule has 1 aromatic carbocycles. The zero-order chi connectivity index (χ0) is 16.1. The number of carbonyl (C=O) groups is 1. The maximum Gasteiger partial charge on any atom is 0.227 e. The average Bonchev–Trinajstić information content (AvgIpc) is 3.03. The monoisotopic (exact) mass is 312 g/mol. The second kappa shape index (κ2) is 6.78. The Hall–Kier alpha value is -3.09. The van der Waals surface area contributed by atoms with E-state index in [0.29, 0.717) is 29.5 Å². The fourth-order valence-corrected chi connectivity index (χ4v) is 1.97. The van der Waals surface area contributed by atoms with Crippen LogP contribution in [0.4, 0.5) is 10.1 Å². The molecule has 3 rings (SSSR count). The first-order valence-electron chi connectivity index (χ1n) is 7.00. The van der Waals surface area contributed by atoms with E-state index in [0.717, 1.165) is 0 Å². The third kappa shape index (κ3) is 3.97. The van der Waals surface area contributed by atoms with Crippen LogP contribution in [0.1, 0.15) is 12.3 Å². The minimum Gasteiger partial charge on any atom is -0.339 e. The number of amides is 1. The second-order valence-corrected chi connectivity index (χ2v) is 4.79. The molecule has 0 saturated heterocycles. The molecule has 7 heteroatoms. The molecule has 0 spiro atoms. The number of pyridine rings is 1. The van der Waals surface area contributed by atoms with Crippen LogP contribution in [-0.2, 0) is 11.2 Å². The van der Waals surface area contributed by atoms with E-state index >= 15 is 0 Å². The molecule has 6 nitrogen and oxygen atoms in total. The summed E-state index contributed by atoms with van der Waals surface area (Å²) >= 11 is 0. The number of aryl methyl sites for hydroxylation is 1. The second-order valence-electron chi connectivity index (χ2n) is 4.79. The van der Waals surface area contributed by atoms with Gasteiger partial charge in [0.2, 0.25) is 17.6 Å². The van der Waals surface area contributed by atoms with Crippen LogP contribution in [0.5, 0.6) is 0 Å². The summed E-state index contributed by atoms with van der Waals surface area (Å²) in [5, 5.41) is 6.44. The number of carbonyl (C=O) groups excluding carboxylic acids is 1. The fraction of sp³-hybridized carbons (Fsp3) is 0.125. The highest BCUT2D eigenvalue weighted by Gasteiger charge is 2.11. The molecule has 116 valence electrons. The van der Waals surface area contributed by atoms with Crippen LogP contribution in [0, 0.1) is 5.82 Å². The van der Waals surface area contributed by atoms with Crippen molar-refractivity contribution in [1.82, 2.24) is 15.1 Å². The molecule has 1 amide bonds. The molecule has 2 heterocycles. The molecule has 0 unspecified atom stereocenters. The quantitative estimate of drug-likeness (QED) is 0.783. The van der Waals surface area contributed by atoms with Crippen molar-refractivity contribution in [2.75, 3.05) is 5.32 Å². The smallest absolute Gasteiger partial charge is 0.227 e. The molecule has 0 atom stereocenters. The van der Waals surface area contributed by atoms with Gasteiger partial charge in [-0.2, -0.15) is 4.98 Å². The maximum atomic E-state index is 13.0. The van der Waals surface area contributed by atoms with Gasteiger partial charge in [-0.05, 0) is 30.3 Å². The lowest BCUT2D eigenvalue weighted by Crippen LogP contribution is -2.12. The van der Waals surface area contributed by atoms with Crippen LogP contribution in [0.25, 0.3) is 11.5 Å². The summed E-state index contributed by atoms with van der Waals surface area (Å²) in [5.41, 5.74) is 1.02. The Labute approximate surface area is 131 Å². The van der Waals surface area contributed by atoms with Crippen LogP contribution in [0.2, 0.25) is 0 Å². The van der Waals surface area contributed by atoms with Gasteiger partial charge >= 0.3 is 0 Å². The standard InChI is InChI=1S/C16H13FN4O2/c17-11-4-3-5-12(10-11)19-14(22)7-8-15-20-16(21-23-15)13-6-1-2-9-18-13/h1-6,9-10H,7-8H2,(H,19,22). The minimum atomic E-state index is -0.403. The van der Waals surface area contributed by atoms with Gasteiger partial charge < -0.3 is 9.84 Å². The van der Waals surface area contributed by atoms with Crippen molar-refractivity contribution in [1.29, 1.82) is 0 Å². The van der Waals surface area contributed by atoms with Crippen molar-refractivity contribution in [2.24, 2.45) is 0 Å². The Kier molecular flexibility index (Phi) is 4.37. The molecule has 0 fully saturated rings. The Morgan fingerprint density at radius 1 is 1.22 bits per heavy atom. The summed E-state index contributed by atoms with van der Waals surface area (Å²) in [4.78, 5) is 20.2. The lowest BCUT2D eigenvalue weighted by Gasteiger charge is -2.03. The van der Waals surface area contributed by atoms with Crippen molar-refractivity contribution >= 4 is 11.6 Å². The third-order valence-corrected chi connectivity index (χ3v) is 3.04. The molecule has 0 saturated carbocycles. The molecule has 2 aromatic heterocycles. The van der Waals surface area contributed by atoms with Gasteiger partial charge in [0.05, 0.1) is 0 Å². The summed E-state index contributed by atoms with van der Waals surface area (Å²) in [7, 11) is 0. The summed E-state index contributed by atoms with van der Waals surface area (Å²) in [6.45, 7) is 0. The molecule has 3 aromatic rings. The average molecular weight is 312 g/mol. The molecular weight excluding hydrogens is 299 g/mol. The van der Waals surface area contributed by atoms with E-state index in [4.69, 9.17) is 4.52 Å². The Morgan fingerprint density at radius 3 is 2.91 bits per heavy atom. The molecule has 0 radical (unpaired) electrons. The number of anilines is 1. The number of rotatable bonds is 5. The number of nitrogens with one attached hydrogen (secondary N) is 1. The van der Waals surface area contributed by atoms with Crippen molar-refractivity contribution in [3.05, 3.63) is 60.4 Å². The first kappa shape index (κ1) is 14.8. The van der Waals surface area contributed by atoms with Crippen LogP contribution in [-0.4, -0.2) is 21.0 Å². The SMILES string of the molecule is O=C(CCc1nc(-c2ccccn2)no1)Nc1cccc(F)c1. The summed E-state index contributed by atoms with van der Waals surface area (Å²) in [6.07, 6.45) is 2.08. The maximum absolute atomic E-state index is 13.0. The normalized spacial score (nSPS) is 10.5. The van der Waals surface area contributed by atoms with Crippen LogP contribution >= 0.6 is 0 Å². The molecule has 0 aliphatic rings. The van der Waals surface area contributed by atoms with Crippen molar-refractivity contribution < 1.29 is 13.7 Å². The molecule has 0 aliphatic heterocycles. The van der Waals surface area contributed by atoms with Crippen LogP contribution in [0.3, 0.4) is 0 Å². The van der Waals surface area contributed by atoms with Crippen LogP contribution in [0.15, 0.2) is 53.2 Å². The van der Waals surface area contributed by atoms with Crippen molar-refractivity contribution in [3.63, 3.8) is 0 Å². The van der Waals surface area contributed by atoms with Crippen LogP contribution < -0.4 is 5.32 Å². The minimum absolute atomic E-state index is 0.153. The summed E-state index contributed by atoms with van der Waals surface area (Å²) in [6, 6.07) is 11.1. The van der Waals surface area contributed by atoms with E-state index in [9.17, 15) is 9.18 Å². The van der Waals surface area contributed by atoms with E-state index in [2.05, 4.69) is 20.4 Å². The topological polar surface area (TPSA) is 80.9 Å². The molecular formula is C16H13FN4O2. The zero-order valence-corrected chi connectivity index (χ0v) is 12.1. The number of hydrogen-bond acceptors (Lipinski definition) is 5. The summed E-state index contributed by atoms with van der Waals surface area (Å²) in [5.74, 6) is 0.0686. The van der Waals surface area contributed by atoms with Gasteiger partial charge in [-0.3, -0.25) is 9.78 Å². The van der Waals surface area contributed by atoms with Gasteiger partial charge in [-0.25, -0.2) is 4.39 Å². The predicted molar refractivity (Wildman–Crippen MR) is 80.9 cm³/mol. The Morgan fingerprint density at radius 2 is 2.13 bits per heavy atom. The zero-order valence-electron chi connectivity index (χ0n) is 12.1. The molecule has 0 aliphatic carbocycles. The highest BCUT2D eigenvalue weighted by molar-refractivity contribution is 5.90. The lowest BCUT2D eigenvalue weighted by atomic mass is 10.2. The highest BCUT2D eigenvalue weighted by atomic mass is 19.1. The van der Waals surface area contributed by atoms with Gasteiger partial charge in [-0.1, -0.05) is 17.3 Å². The van der Waals surface area contributed by atoms with Gasteiger partial charge in [0.15, 0.2) is 0 Å². The fourth-order valence-electron chi connectivity index (χ4n) is 1.97. The molecule has 0 bridgehead atoms. The number of benzene rings is 1. The first-order valence-corrected chi connectivity index (χ1v) is 7.00. The first-order chi connectivity index (χ1) is 11.2. The Balaban J connectivity index is 1.56.